The summed E-state index contributed by atoms with van der Waals surface area (Å²) in [5.74, 6) is -1.31. The first kappa shape index (κ1) is 20.9. The van der Waals surface area contributed by atoms with Gasteiger partial charge in [-0.15, -0.1) is 0 Å². The van der Waals surface area contributed by atoms with Gasteiger partial charge in [-0.2, -0.15) is 26.3 Å². The number of amides is 1. The molecule has 2 fully saturated rings. The fourth-order valence-corrected chi connectivity index (χ4v) is 3.95. The number of imidazole rings is 1. The molecule has 0 saturated carbocycles. The summed E-state index contributed by atoms with van der Waals surface area (Å²) in [6.07, 6.45) is -7.36. The Hall–Kier alpha value is -1.82. The van der Waals surface area contributed by atoms with E-state index in [9.17, 15) is 31.1 Å². The van der Waals surface area contributed by atoms with E-state index in [1.54, 1.807) is 4.90 Å². The predicted octanol–water partition coefficient (Wildman–Crippen LogP) is 2.34. The van der Waals surface area contributed by atoms with Crippen LogP contribution in [0, 0.1) is 11.3 Å². The maximum Gasteiger partial charge on any atom is 0.432 e. The summed E-state index contributed by atoms with van der Waals surface area (Å²) in [4.78, 5) is 20.1. The monoisotopic (exact) mass is 414 g/mol. The third kappa shape index (κ3) is 4.77. The Morgan fingerprint density at radius 2 is 1.96 bits per heavy atom. The predicted molar refractivity (Wildman–Crippen MR) is 83.9 cm³/mol. The largest absolute Gasteiger partial charge is 0.432 e. The number of carbonyl (C=O) groups excluding carboxylic acids is 1. The maximum atomic E-state index is 12.7. The molecule has 158 valence electrons. The minimum absolute atomic E-state index is 0.0434. The number of H-pyrrole nitrogens is 1. The number of nitrogens with one attached hydrogen (secondary N) is 2. The van der Waals surface area contributed by atoms with Crippen molar-refractivity contribution in [1.29, 1.82) is 0 Å². The van der Waals surface area contributed by atoms with Gasteiger partial charge in [0.2, 0.25) is 5.91 Å². The molecule has 3 rings (SSSR count). The van der Waals surface area contributed by atoms with Gasteiger partial charge in [0, 0.05) is 31.7 Å². The lowest BCUT2D eigenvalue weighted by Crippen LogP contribution is -2.46. The Morgan fingerprint density at radius 3 is 2.54 bits per heavy atom. The minimum Gasteiger partial charge on any atom is -0.381 e. The lowest BCUT2D eigenvalue weighted by molar-refractivity contribution is -0.143. The molecule has 28 heavy (non-hydrogen) atoms. The normalized spacial score (nSPS) is 23.3. The van der Waals surface area contributed by atoms with E-state index < -0.39 is 41.8 Å². The number of carbonyl (C=O) groups is 1. The van der Waals surface area contributed by atoms with Crippen molar-refractivity contribution in [2.45, 2.75) is 31.7 Å². The average Bonchev–Trinajstić information content (AvgIpc) is 3.18. The molecule has 0 bridgehead atoms. The Kier molecular flexibility index (Phi) is 5.63. The topological polar surface area (TPSA) is 70.2 Å². The Labute approximate surface area is 156 Å². The van der Waals surface area contributed by atoms with Crippen LogP contribution in [-0.2, 0) is 22.3 Å². The second kappa shape index (κ2) is 7.54. The molecule has 0 radical (unpaired) electrons. The maximum absolute atomic E-state index is 12.7. The third-order valence-electron chi connectivity index (χ3n) is 5.29. The molecule has 1 aromatic heterocycles. The summed E-state index contributed by atoms with van der Waals surface area (Å²) in [5.41, 5.74) is -1.53. The zero-order valence-corrected chi connectivity index (χ0v) is 14.8. The first-order valence-corrected chi connectivity index (χ1v) is 8.74. The van der Waals surface area contributed by atoms with Crippen LogP contribution >= 0.6 is 0 Å². The van der Waals surface area contributed by atoms with E-state index in [-0.39, 0.29) is 18.9 Å². The second-order valence-electron chi connectivity index (χ2n) is 7.27. The molecule has 0 aromatic carbocycles. The molecule has 0 aliphatic carbocycles. The van der Waals surface area contributed by atoms with Crippen molar-refractivity contribution in [1.82, 2.24) is 20.2 Å². The fourth-order valence-electron chi connectivity index (χ4n) is 3.95. The molecular formula is C16H20F6N4O2. The summed E-state index contributed by atoms with van der Waals surface area (Å²) in [7, 11) is 0. The number of ether oxygens (including phenoxy) is 1. The number of aromatic amines is 1. The van der Waals surface area contributed by atoms with E-state index in [1.807, 2.05) is 5.32 Å². The Balaban J connectivity index is 1.71. The van der Waals surface area contributed by atoms with Crippen LogP contribution in [0.3, 0.4) is 0 Å². The first-order chi connectivity index (χ1) is 13.0. The van der Waals surface area contributed by atoms with Crippen molar-refractivity contribution < 1.29 is 35.9 Å². The van der Waals surface area contributed by atoms with E-state index in [2.05, 4.69) is 9.97 Å². The highest BCUT2D eigenvalue weighted by atomic mass is 19.4. The van der Waals surface area contributed by atoms with Gasteiger partial charge in [0.05, 0.1) is 18.7 Å². The zero-order chi connectivity index (χ0) is 20.6. The quantitative estimate of drug-likeness (QED) is 0.743. The Bertz CT molecular complexity index is 696. The molecule has 1 spiro atoms. The number of hydrogen-bond donors (Lipinski definition) is 2. The molecule has 2 N–H and O–H groups in total. The highest BCUT2D eigenvalue weighted by Gasteiger charge is 2.51. The number of alkyl halides is 6. The van der Waals surface area contributed by atoms with Crippen LogP contribution in [0.1, 0.15) is 24.4 Å². The van der Waals surface area contributed by atoms with E-state index in [4.69, 9.17) is 4.74 Å². The molecule has 3 heterocycles. The molecule has 0 unspecified atom stereocenters. The number of nitrogens with zero attached hydrogens (tertiary/aromatic N) is 2. The summed E-state index contributed by atoms with van der Waals surface area (Å²) >= 11 is 0. The number of rotatable bonds is 4. The summed E-state index contributed by atoms with van der Waals surface area (Å²) in [6.45, 7) is -0.0796. The molecule has 6 nitrogen and oxygen atoms in total. The number of likely N-dealkylation sites (tertiary alicyclic amines) is 1. The van der Waals surface area contributed by atoms with Crippen molar-refractivity contribution in [3.63, 3.8) is 0 Å². The summed E-state index contributed by atoms with van der Waals surface area (Å²) in [6, 6.07) is 0. The van der Waals surface area contributed by atoms with Gasteiger partial charge in [-0.25, -0.2) is 4.98 Å². The summed E-state index contributed by atoms with van der Waals surface area (Å²) in [5, 5.41) is 1.94. The van der Waals surface area contributed by atoms with Gasteiger partial charge in [-0.3, -0.25) is 9.69 Å². The van der Waals surface area contributed by atoms with Gasteiger partial charge in [-0.05, 0) is 12.8 Å². The van der Waals surface area contributed by atoms with Crippen LogP contribution < -0.4 is 5.32 Å². The third-order valence-corrected chi connectivity index (χ3v) is 5.29. The smallest absolute Gasteiger partial charge is 0.381 e. The van der Waals surface area contributed by atoms with Crippen molar-refractivity contribution in [3.8, 4) is 0 Å². The molecule has 1 atom stereocenters. The van der Waals surface area contributed by atoms with Gasteiger partial charge in [-0.1, -0.05) is 0 Å². The van der Waals surface area contributed by atoms with Gasteiger partial charge >= 0.3 is 12.4 Å². The van der Waals surface area contributed by atoms with Crippen LogP contribution in [0.25, 0.3) is 0 Å². The van der Waals surface area contributed by atoms with Crippen LogP contribution in [-0.4, -0.2) is 59.8 Å². The molecule has 1 aromatic rings. The van der Waals surface area contributed by atoms with Gasteiger partial charge < -0.3 is 15.0 Å². The number of halogens is 6. The summed E-state index contributed by atoms with van der Waals surface area (Å²) < 4.78 is 80.8. The van der Waals surface area contributed by atoms with Crippen molar-refractivity contribution >= 4 is 5.91 Å². The number of hydrogen-bond acceptors (Lipinski definition) is 4. The molecule has 2 aliphatic rings. The molecular weight excluding hydrogens is 394 g/mol. The lowest BCUT2D eigenvalue weighted by Gasteiger charge is -2.37. The van der Waals surface area contributed by atoms with Gasteiger partial charge in [0.1, 0.15) is 18.1 Å². The zero-order valence-electron chi connectivity index (χ0n) is 14.8. The molecule has 12 heteroatoms. The Morgan fingerprint density at radius 1 is 1.29 bits per heavy atom. The minimum atomic E-state index is -4.54. The lowest BCUT2D eigenvalue weighted by atomic mass is 9.72. The van der Waals surface area contributed by atoms with Gasteiger partial charge in [0.15, 0.2) is 0 Å². The number of aromatic nitrogens is 2. The van der Waals surface area contributed by atoms with E-state index in [0.717, 1.165) is 0 Å². The van der Waals surface area contributed by atoms with E-state index in [1.165, 1.54) is 0 Å². The molecule has 2 saturated heterocycles. The van der Waals surface area contributed by atoms with Crippen LogP contribution in [0.2, 0.25) is 0 Å². The first-order valence-electron chi connectivity index (χ1n) is 8.74. The average molecular weight is 414 g/mol. The fraction of sp³-hybridized carbons (Fsp3) is 0.750. The molecule has 1 amide bonds. The van der Waals surface area contributed by atoms with Crippen LogP contribution in [0.15, 0.2) is 6.20 Å². The van der Waals surface area contributed by atoms with E-state index >= 15 is 0 Å². The highest BCUT2D eigenvalue weighted by Crippen LogP contribution is 2.44. The standard InChI is InChI=1S/C16H20F6N4O2/c17-15(18,19)8-24-13(27)10-6-26(9-14(10)1-3-28-4-2-14)7-12-23-5-11(25-12)16(20,21)22/h5,10H,1-4,6-9H2,(H,23,25)(H,24,27)/t10-/m0/s1. The van der Waals surface area contributed by atoms with Crippen molar-refractivity contribution in [2.75, 3.05) is 32.8 Å². The van der Waals surface area contributed by atoms with Crippen LogP contribution in [0.4, 0.5) is 26.3 Å². The SMILES string of the molecule is O=C(NCC(F)(F)F)[C@@H]1CN(Cc2ncc(C(F)(F)F)[nH]2)CC12CCOCC2. The van der Waals surface area contributed by atoms with Crippen LogP contribution in [0.5, 0.6) is 0 Å². The van der Waals surface area contributed by atoms with Crippen molar-refractivity contribution in [2.24, 2.45) is 11.3 Å². The molecule has 2 aliphatic heterocycles. The van der Waals surface area contributed by atoms with Crippen molar-refractivity contribution in [3.05, 3.63) is 17.7 Å². The van der Waals surface area contributed by atoms with Gasteiger partial charge in [0.25, 0.3) is 0 Å². The second-order valence-corrected chi connectivity index (χ2v) is 7.27. The van der Waals surface area contributed by atoms with E-state index in [0.29, 0.717) is 38.8 Å². The highest BCUT2D eigenvalue weighted by molar-refractivity contribution is 5.80.